The number of primary amides is 1. The summed E-state index contributed by atoms with van der Waals surface area (Å²) in [5.74, 6) is -0.474. The predicted octanol–water partition coefficient (Wildman–Crippen LogP) is 1.53. The van der Waals surface area contributed by atoms with Crippen molar-refractivity contribution in [3.8, 4) is 0 Å². The van der Waals surface area contributed by atoms with Gasteiger partial charge in [0.25, 0.3) is 0 Å². The molecule has 1 aliphatic heterocycles. The maximum Gasteiger partial charge on any atom is 0.319 e. The number of nitrogens with one attached hydrogen (secondary N) is 2. The van der Waals surface area contributed by atoms with Crippen LogP contribution in [0.2, 0.25) is 0 Å². The van der Waals surface area contributed by atoms with Crippen molar-refractivity contribution >= 4 is 17.6 Å². The van der Waals surface area contributed by atoms with Crippen LogP contribution in [0.3, 0.4) is 0 Å². The van der Waals surface area contributed by atoms with Crippen LogP contribution in [-0.2, 0) is 0 Å². The number of piperidine rings is 1. The van der Waals surface area contributed by atoms with Crippen molar-refractivity contribution in [1.29, 1.82) is 0 Å². The van der Waals surface area contributed by atoms with Gasteiger partial charge in [-0.15, -0.1) is 0 Å². The summed E-state index contributed by atoms with van der Waals surface area (Å²) in [6.07, 6.45) is 4.68. The Morgan fingerprint density at radius 2 is 1.68 bits per heavy atom. The van der Waals surface area contributed by atoms with Crippen LogP contribution in [-0.4, -0.2) is 42.0 Å². The van der Waals surface area contributed by atoms with Gasteiger partial charge in [0.15, 0.2) is 0 Å². The van der Waals surface area contributed by atoms with Gasteiger partial charge in [0, 0.05) is 36.4 Å². The molecule has 0 spiro atoms. The molecule has 118 valence electrons. The molecule has 3 amide bonds. The maximum absolute atomic E-state index is 12.0. The smallest absolute Gasteiger partial charge is 0.319 e. The third kappa shape index (κ3) is 3.76. The number of carbonyl (C=O) groups is 2. The first kappa shape index (κ1) is 14.8. The minimum Gasteiger partial charge on any atom is -0.366 e. The number of hydrogen-bond donors (Lipinski definition) is 3. The lowest BCUT2D eigenvalue weighted by Crippen LogP contribution is -2.46. The van der Waals surface area contributed by atoms with E-state index in [2.05, 4.69) is 15.5 Å². The number of amides is 3. The van der Waals surface area contributed by atoms with Crippen LogP contribution >= 0.6 is 0 Å². The van der Waals surface area contributed by atoms with E-state index in [9.17, 15) is 9.59 Å². The van der Waals surface area contributed by atoms with E-state index in [0.29, 0.717) is 11.3 Å². The molecule has 0 atom stereocenters. The van der Waals surface area contributed by atoms with Crippen LogP contribution in [0.4, 0.5) is 10.5 Å². The summed E-state index contributed by atoms with van der Waals surface area (Å²) < 4.78 is 0. The average molecular weight is 302 g/mol. The Kier molecular flexibility index (Phi) is 4.29. The Bertz CT molecular complexity index is 546. The molecule has 1 aromatic rings. The van der Waals surface area contributed by atoms with Crippen LogP contribution < -0.4 is 16.4 Å². The van der Waals surface area contributed by atoms with Crippen molar-refractivity contribution in [1.82, 2.24) is 10.2 Å². The van der Waals surface area contributed by atoms with Gasteiger partial charge in [0.1, 0.15) is 0 Å². The number of likely N-dealkylation sites (tertiary alicyclic amines) is 1. The summed E-state index contributed by atoms with van der Waals surface area (Å²) in [4.78, 5) is 25.5. The minimum atomic E-state index is -0.474. The molecule has 0 radical (unpaired) electrons. The number of carbonyl (C=O) groups excluding carboxylic acids is 2. The van der Waals surface area contributed by atoms with Crippen LogP contribution in [0.15, 0.2) is 24.3 Å². The van der Waals surface area contributed by atoms with E-state index in [0.717, 1.165) is 32.0 Å². The van der Waals surface area contributed by atoms with Crippen molar-refractivity contribution < 1.29 is 9.59 Å². The molecular weight excluding hydrogens is 280 g/mol. The summed E-state index contributed by atoms with van der Waals surface area (Å²) in [6, 6.07) is 7.40. The Hall–Kier alpha value is -2.08. The van der Waals surface area contributed by atoms with Crippen LogP contribution in [0, 0.1) is 0 Å². The lowest BCUT2D eigenvalue weighted by Gasteiger charge is -2.32. The second-order valence-corrected chi connectivity index (χ2v) is 6.08. The molecule has 2 aliphatic rings. The molecule has 0 aromatic heterocycles. The monoisotopic (exact) mass is 302 g/mol. The minimum absolute atomic E-state index is 0.198. The van der Waals surface area contributed by atoms with Crippen LogP contribution in [0.25, 0.3) is 0 Å². The Morgan fingerprint density at radius 1 is 1.05 bits per heavy atom. The normalized spacial score (nSPS) is 19.6. The van der Waals surface area contributed by atoms with E-state index in [1.54, 1.807) is 24.3 Å². The van der Waals surface area contributed by atoms with E-state index in [1.807, 2.05) is 0 Å². The number of benzene rings is 1. The second-order valence-electron chi connectivity index (χ2n) is 6.08. The topological polar surface area (TPSA) is 87.5 Å². The highest BCUT2D eigenvalue weighted by atomic mass is 16.2. The first-order valence-electron chi connectivity index (χ1n) is 7.83. The Labute approximate surface area is 130 Å². The van der Waals surface area contributed by atoms with E-state index in [1.165, 1.54) is 12.8 Å². The van der Waals surface area contributed by atoms with Crippen molar-refractivity contribution in [3.05, 3.63) is 29.8 Å². The molecule has 1 aliphatic carbocycles. The molecule has 1 saturated heterocycles. The fourth-order valence-corrected chi connectivity index (χ4v) is 2.92. The molecule has 6 nitrogen and oxygen atoms in total. The van der Waals surface area contributed by atoms with Gasteiger partial charge in [-0.2, -0.15) is 0 Å². The molecule has 22 heavy (non-hydrogen) atoms. The molecule has 4 N–H and O–H groups in total. The van der Waals surface area contributed by atoms with Gasteiger partial charge in [-0.3, -0.25) is 4.79 Å². The van der Waals surface area contributed by atoms with Crippen molar-refractivity contribution in [3.63, 3.8) is 0 Å². The standard InChI is InChI=1S/C16H22N4O2/c17-15(21)11-1-3-12(4-2-11)18-16(22)19-13-7-9-20(10-8-13)14-5-6-14/h1-4,13-14H,5-10H2,(H2,17,21)(H2,18,19,22). The number of nitrogens with two attached hydrogens (primary N) is 1. The molecule has 6 heteroatoms. The Balaban J connectivity index is 1.45. The highest BCUT2D eigenvalue weighted by Crippen LogP contribution is 2.29. The summed E-state index contributed by atoms with van der Waals surface area (Å²) in [5.41, 5.74) is 6.26. The lowest BCUT2D eigenvalue weighted by atomic mass is 10.1. The fourth-order valence-electron chi connectivity index (χ4n) is 2.92. The summed E-state index contributed by atoms with van der Waals surface area (Å²) >= 11 is 0. The van der Waals surface area contributed by atoms with Crippen molar-refractivity contribution in [2.75, 3.05) is 18.4 Å². The quantitative estimate of drug-likeness (QED) is 0.788. The zero-order valence-corrected chi connectivity index (χ0v) is 12.5. The summed E-state index contributed by atoms with van der Waals surface area (Å²) in [6.45, 7) is 2.14. The Morgan fingerprint density at radius 3 is 2.23 bits per heavy atom. The largest absolute Gasteiger partial charge is 0.366 e. The molecule has 0 unspecified atom stereocenters. The first-order valence-corrected chi connectivity index (χ1v) is 7.83. The van der Waals surface area contributed by atoms with Gasteiger partial charge < -0.3 is 21.3 Å². The molecule has 0 bridgehead atoms. The zero-order valence-electron chi connectivity index (χ0n) is 12.5. The molecule has 2 fully saturated rings. The predicted molar refractivity (Wildman–Crippen MR) is 84.7 cm³/mol. The molecule has 1 aromatic carbocycles. The van der Waals surface area contributed by atoms with Crippen molar-refractivity contribution in [2.24, 2.45) is 5.73 Å². The van der Waals surface area contributed by atoms with Gasteiger partial charge >= 0.3 is 6.03 Å². The van der Waals surface area contributed by atoms with E-state index in [4.69, 9.17) is 5.73 Å². The molecule has 1 heterocycles. The fraction of sp³-hybridized carbons (Fsp3) is 0.500. The SMILES string of the molecule is NC(=O)c1ccc(NC(=O)NC2CCN(C3CC3)CC2)cc1. The summed E-state index contributed by atoms with van der Waals surface area (Å²) in [5, 5.41) is 5.80. The zero-order chi connectivity index (χ0) is 15.5. The average Bonchev–Trinajstić information content (AvgIpc) is 3.33. The van der Waals surface area contributed by atoms with E-state index >= 15 is 0 Å². The molecule has 1 saturated carbocycles. The third-order valence-electron chi connectivity index (χ3n) is 4.36. The number of anilines is 1. The van der Waals surface area contributed by atoms with Gasteiger partial charge in [-0.1, -0.05) is 0 Å². The summed E-state index contributed by atoms with van der Waals surface area (Å²) in [7, 11) is 0. The van der Waals surface area contributed by atoms with Crippen molar-refractivity contribution in [2.45, 2.75) is 37.8 Å². The molecular formula is C16H22N4O2. The lowest BCUT2D eigenvalue weighted by molar-refractivity contribution is 0.100. The van der Waals surface area contributed by atoms with Gasteiger partial charge in [-0.05, 0) is 49.9 Å². The second kappa shape index (κ2) is 6.36. The molecule has 3 rings (SSSR count). The highest BCUT2D eigenvalue weighted by Gasteiger charge is 2.32. The number of urea groups is 1. The highest BCUT2D eigenvalue weighted by molar-refractivity contribution is 5.94. The van der Waals surface area contributed by atoms with Gasteiger partial charge in [0.2, 0.25) is 5.91 Å². The van der Waals surface area contributed by atoms with Gasteiger partial charge in [0.05, 0.1) is 0 Å². The number of rotatable bonds is 4. The van der Waals surface area contributed by atoms with E-state index in [-0.39, 0.29) is 12.1 Å². The van der Waals surface area contributed by atoms with E-state index < -0.39 is 5.91 Å². The number of hydrogen-bond acceptors (Lipinski definition) is 3. The third-order valence-corrected chi connectivity index (χ3v) is 4.36. The van der Waals surface area contributed by atoms with Crippen LogP contribution in [0.1, 0.15) is 36.0 Å². The van der Waals surface area contributed by atoms with Crippen LogP contribution in [0.5, 0.6) is 0 Å². The maximum atomic E-state index is 12.0. The first-order chi connectivity index (χ1) is 10.6. The van der Waals surface area contributed by atoms with Gasteiger partial charge in [-0.25, -0.2) is 4.79 Å². The number of nitrogens with zero attached hydrogens (tertiary/aromatic N) is 1.